The van der Waals surface area contributed by atoms with E-state index in [2.05, 4.69) is 20.8 Å². The Kier molecular flexibility index (Phi) is 6.62. The van der Waals surface area contributed by atoms with E-state index in [-0.39, 0.29) is 5.91 Å². The van der Waals surface area contributed by atoms with Gasteiger partial charge in [-0.15, -0.1) is 0 Å². The molecule has 0 aliphatic carbocycles. The molecule has 3 aromatic carbocycles. The summed E-state index contributed by atoms with van der Waals surface area (Å²) in [6.45, 7) is 0.381. The van der Waals surface area contributed by atoms with Crippen LogP contribution in [0.25, 0.3) is 5.69 Å². The average molecular weight is 444 g/mol. The molecule has 0 aliphatic heterocycles. The van der Waals surface area contributed by atoms with Gasteiger partial charge in [0.1, 0.15) is 0 Å². The number of amides is 1. The Morgan fingerprint density at radius 2 is 1.81 bits per heavy atom. The van der Waals surface area contributed by atoms with Gasteiger partial charge in [0.25, 0.3) is 5.91 Å². The van der Waals surface area contributed by atoms with E-state index in [4.69, 9.17) is 0 Å². The highest BCUT2D eigenvalue weighted by Gasteiger charge is 2.12. The van der Waals surface area contributed by atoms with Crippen LogP contribution in [0.5, 0.6) is 0 Å². The predicted molar refractivity (Wildman–Crippen MR) is 124 cm³/mol. The molecular formula is C24H21N5O2S. The Morgan fingerprint density at radius 3 is 2.59 bits per heavy atom. The standard InChI is InChI=1S/C24H21N5O2S/c1-25-21-14-18(9-10-23(21)32-22-8-3-2-6-19(22)16-30)24(31)26-15-17-5-4-7-20(13-17)29-27-11-12-28-29/h2-14,16,25H,15H2,1H3,(H,26,31). The predicted octanol–water partition coefficient (Wildman–Crippen LogP) is 4.20. The zero-order chi connectivity index (χ0) is 22.3. The number of hydrogen-bond acceptors (Lipinski definition) is 6. The van der Waals surface area contributed by atoms with Crippen molar-refractivity contribution in [3.63, 3.8) is 0 Å². The van der Waals surface area contributed by atoms with Gasteiger partial charge in [-0.3, -0.25) is 9.59 Å². The fourth-order valence-corrected chi connectivity index (χ4v) is 4.19. The number of nitrogens with zero attached hydrogens (tertiary/aromatic N) is 3. The third-order valence-corrected chi connectivity index (χ3v) is 5.96. The summed E-state index contributed by atoms with van der Waals surface area (Å²) < 4.78 is 0. The highest BCUT2D eigenvalue weighted by molar-refractivity contribution is 7.99. The van der Waals surface area contributed by atoms with E-state index in [0.717, 1.165) is 33.0 Å². The summed E-state index contributed by atoms with van der Waals surface area (Å²) in [4.78, 5) is 27.4. The molecule has 4 aromatic rings. The molecule has 0 aliphatic rings. The number of anilines is 1. The van der Waals surface area contributed by atoms with Crippen LogP contribution in [0.3, 0.4) is 0 Å². The summed E-state index contributed by atoms with van der Waals surface area (Å²) in [6.07, 6.45) is 4.08. The van der Waals surface area contributed by atoms with E-state index in [1.807, 2.05) is 61.6 Å². The first-order chi connectivity index (χ1) is 15.7. The van der Waals surface area contributed by atoms with Gasteiger partial charge in [0.2, 0.25) is 0 Å². The first-order valence-electron chi connectivity index (χ1n) is 9.95. The van der Waals surface area contributed by atoms with Gasteiger partial charge in [-0.1, -0.05) is 42.1 Å². The molecule has 1 heterocycles. The third-order valence-electron chi connectivity index (χ3n) is 4.79. The monoisotopic (exact) mass is 443 g/mol. The molecule has 1 amide bonds. The number of benzene rings is 3. The van der Waals surface area contributed by atoms with E-state index in [0.29, 0.717) is 17.7 Å². The summed E-state index contributed by atoms with van der Waals surface area (Å²) in [7, 11) is 1.81. The number of carbonyl (C=O) groups excluding carboxylic acids is 2. The minimum absolute atomic E-state index is 0.172. The zero-order valence-corrected chi connectivity index (χ0v) is 18.2. The van der Waals surface area contributed by atoms with E-state index >= 15 is 0 Å². The lowest BCUT2D eigenvalue weighted by molar-refractivity contribution is 0.0950. The molecule has 0 saturated carbocycles. The van der Waals surface area contributed by atoms with Crippen molar-refractivity contribution in [3.8, 4) is 5.69 Å². The van der Waals surface area contributed by atoms with Crippen LogP contribution < -0.4 is 10.6 Å². The molecule has 0 saturated heterocycles. The van der Waals surface area contributed by atoms with Crippen molar-refractivity contribution in [1.82, 2.24) is 20.3 Å². The van der Waals surface area contributed by atoms with Crippen LogP contribution in [0.15, 0.2) is 88.9 Å². The van der Waals surface area contributed by atoms with Gasteiger partial charge in [-0.25, -0.2) is 0 Å². The molecule has 7 nitrogen and oxygen atoms in total. The maximum atomic E-state index is 12.7. The molecule has 0 fully saturated rings. The van der Waals surface area contributed by atoms with Crippen molar-refractivity contribution in [3.05, 3.63) is 95.8 Å². The molecule has 32 heavy (non-hydrogen) atoms. The van der Waals surface area contributed by atoms with Crippen molar-refractivity contribution in [1.29, 1.82) is 0 Å². The molecule has 0 radical (unpaired) electrons. The first-order valence-corrected chi connectivity index (χ1v) is 10.8. The van der Waals surface area contributed by atoms with Crippen LogP contribution in [0.2, 0.25) is 0 Å². The minimum Gasteiger partial charge on any atom is -0.387 e. The number of nitrogens with one attached hydrogen (secondary N) is 2. The zero-order valence-electron chi connectivity index (χ0n) is 17.4. The second kappa shape index (κ2) is 9.93. The van der Waals surface area contributed by atoms with Gasteiger partial charge < -0.3 is 10.6 Å². The lowest BCUT2D eigenvalue weighted by Gasteiger charge is -2.12. The SMILES string of the molecule is CNc1cc(C(=O)NCc2cccc(-n3nccn3)c2)ccc1Sc1ccccc1C=O. The van der Waals surface area contributed by atoms with Crippen molar-refractivity contribution in [2.45, 2.75) is 16.3 Å². The Hall–Kier alpha value is -3.91. The average Bonchev–Trinajstić information content (AvgIpc) is 3.38. The van der Waals surface area contributed by atoms with Gasteiger partial charge in [-0.05, 0) is 42.0 Å². The molecule has 160 valence electrons. The molecule has 0 unspecified atom stereocenters. The molecular weight excluding hydrogens is 422 g/mol. The molecule has 0 atom stereocenters. The highest BCUT2D eigenvalue weighted by atomic mass is 32.2. The van der Waals surface area contributed by atoms with Crippen molar-refractivity contribution in [2.75, 3.05) is 12.4 Å². The van der Waals surface area contributed by atoms with E-state index in [9.17, 15) is 9.59 Å². The summed E-state index contributed by atoms with van der Waals surface area (Å²) in [5.74, 6) is -0.172. The molecule has 4 rings (SSSR count). The van der Waals surface area contributed by atoms with E-state index in [1.54, 1.807) is 24.5 Å². The Bertz CT molecular complexity index is 1240. The molecule has 8 heteroatoms. The number of carbonyl (C=O) groups is 2. The fraction of sp³-hybridized carbons (Fsp3) is 0.0833. The molecule has 0 spiro atoms. The van der Waals surface area contributed by atoms with Crippen molar-refractivity contribution in [2.24, 2.45) is 0 Å². The summed E-state index contributed by atoms with van der Waals surface area (Å²) in [6, 6.07) is 20.6. The van der Waals surface area contributed by atoms with Crippen LogP contribution in [0, 0.1) is 0 Å². The Morgan fingerprint density at radius 1 is 1.00 bits per heavy atom. The largest absolute Gasteiger partial charge is 0.387 e. The van der Waals surface area contributed by atoms with E-state index < -0.39 is 0 Å². The second-order valence-electron chi connectivity index (χ2n) is 6.89. The normalized spacial score (nSPS) is 10.5. The number of rotatable bonds is 8. The number of aromatic nitrogens is 3. The van der Waals surface area contributed by atoms with Crippen molar-refractivity contribution >= 4 is 29.6 Å². The van der Waals surface area contributed by atoms with E-state index in [1.165, 1.54) is 16.6 Å². The summed E-state index contributed by atoms with van der Waals surface area (Å²) in [5, 5.41) is 14.4. The van der Waals surface area contributed by atoms with Gasteiger partial charge in [0.15, 0.2) is 6.29 Å². The van der Waals surface area contributed by atoms with Crippen LogP contribution in [0.1, 0.15) is 26.3 Å². The molecule has 1 aromatic heterocycles. The van der Waals surface area contributed by atoms with Gasteiger partial charge in [0, 0.05) is 40.2 Å². The Balaban J connectivity index is 1.46. The molecule has 0 bridgehead atoms. The first kappa shape index (κ1) is 21.3. The van der Waals surface area contributed by atoms with Crippen molar-refractivity contribution < 1.29 is 9.59 Å². The quantitative estimate of drug-likeness (QED) is 0.397. The number of hydrogen-bond donors (Lipinski definition) is 2. The maximum Gasteiger partial charge on any atom is 0.251 e. The summed E-state index contributed by atoms with van der Waals surface area (Å²) in [5.41, 5.74) is 3.77. The second-order valence-corrected chi connectivity index (χ2v) is 7.97. The van der Waals surface area contributed by atoms with Gasteiger partial charge in [-0.2, -0.15) is 15.0 Å². The highest BCUT2D eigenvalue weighted by Crippen LogP contribution is 2.35. The molecule has 2 N–H and O–H groups in total. The van der Waals surface area contributed by atoms with Crippen LogP contribution in [-0.4, -0.2) is 34.2 Å². The minimum atomic E-state index is -0.172. The van der Waals surface area contributed by atoms with Crippen LogP contribution >= 0.6 is 11.8 Å². The lowest BCUT2D eigenvalue weighted by atomic mass is 10.1. The third kappa shape index (κ3) is 4.87. The smallest absolute Gasteiger partial charge is 0.251 e. The fourth-order valence-electron chi connectivity index (χ4n) is 3.17. The topological polar surface area (TPSA) is 88.9 Å². The maximum absolute atomic E-state index is 12.7. The number of aldehydes is 1. The van der Waals surface area contributed by atoms with Crippen LogP contribution in [0.4, 0.5) is 5.69 Å². The van der Waals surface area contributed by atoms with Gasteiger partial charge >= 0.3 is 0 Å². The lowest BCUT2D eigenvalue weighted by Crippen LogP contribution is -2.23. The van der Waals surface area contributed by atoms with Gasteiger partial charge in [0.05, 0.1) is 18.1 Å². The van der Waals surface area contributed by atoms with Crippen LogP contribution in [-0.2, 0) is 6.54 Å². The Labute approximate surface area is 189 Å². The summed E-state index contributed by atoms with van der Waals surface area (Å²) >= 11 is 1.48.